The molecule has 2 aromatic carbocycles. The van der Waals surface area contributed by atoms with Crippen molar-refractivity contribution in [2.24, 2.45) is 0 Å². The number of aryl methyl sites for hydroxylation is 2. The zero-order chi connectivity index (χ0) is 21.6. The molecule has 0 fully saturated rings. The molecule has 0 amide bonds. The summed E-state index contributed by atoms with van der Waals surface area (Å²) in [5.41, 5.74) is 6.48. The fourth-order valence-electron chi connectivity index (χ4n) is 4.61. The first-order chi connectivity index (χ1) is 14.7. The molecule has 0 saturated carbocycles. The predicted octanol–water partition coefficient (Wildman–Crippen LogP) is 7.68. The van der Waals surface area contributed by atoms with E-state index in [1.54, 1.807) is 22.3 Å². The minimum Gasteiger partial charge on any atom is -0.396 e. The third kappa shape index (κ3) is 11.5. The Labute approximate surface area is 224 Å². The van der Waals surface area contributed by atoms with Crippen molar-refractivity contribution in [1.82, 2.24) is 0 Å². The van der Waals surface area contributed by atoms with Crippen LogP contribution >= 0.6 is 0 Å². The number of unbranched alkanes of at least 4 members (excludes halogenated alkanes) is 2. The molecular weight excluding hydrogens is 571 g/mol. The molecule has 2 nitrogen and oxygen atoms in total. The van der Waals surface area contributed by atoms with Crippen molar-refractivity contribution in [1.29, 1.82) is 0 Å². The first kappa shape index (κ1) is 34.4. The molecule has 2 aliphatic rings. The van der Waals surface area contributed by atoms with Gasteiger partial charge in [0.1, 0.15) is 0 Å². The molecule has 3 heteroatoms. The number of fused-ring (bicyclic) bond motifs is 2. The Hall–Kier alpha value is -0.770. The van der Waals surface area contributed by atoms with Crippen LogP contribution in [0.4, 0.5) is 0 Å². The van der Waals surface area contributed by atoms with Gasteiger partial charge in [0, 0.05) is 39.1 Å². The van der Waals surface area contributed by atoms with E-state index in [2.05, 4.69) is 62.4 Å². The number of rotatable bonds is 7. The Morgan fingerprint density at radius 2 is 1.03 bits per heavy atom. The minimum atomic E-state index is 0. The van der Waals surface area contributed by atoms with Gasteiger partial charge in [-0.1, -0.05) is 75.2 Å². The topological polar surface area (TPSA) is 40.5 Å². The van der Waals surface area contributed by atoms with E-state index in [4.69, 9.17) is 10.2 Å². The molecule has 0 unspecified atom stereocenters. The quantitative estimate of drug-likeness (QED) is 0.247. The van der Waals surface area contributed by atoms with Crippen LogP contribution in [0.15, 0.2) is 48.5 Å². The monoisotopic (exact) mass is 620 g/mol. The van der Waals surface area contributed by atoms with Crippen LogP contribution in [0.1, 0.15) is 99.3 Å². The number of aliphatic hydroxyl groups excluding tert-OH is 2. The van der Waals surface area contributed by atoms with Crippen LogP contribution in [0.25, 0.3) is 0 Å². The third-order valence-electron chi connectivity index (χ3n) is 6.40. The van der Waals surface area contributed by atoms with Gasteiger partial charge in [-0.25, -0.2) is 0 Å². The molecule has 0 spiro atoms. The van der Waals surface area contributed by atoms with Crippen molar-refractivity contribution < 1.29 is 36.1 Å². The van der Waals surface area contributed by atoms with Crippen molar-refractivity contribution >= 4 is 0 Å². The minimum absolute atomic E-state index is 0. The Morgan fingerprint density at radius 1 is 0.667 bits per heavy atom. The van der Waals surface area contributed by atoms with Crippen LogP contribution in [0, 0.1) is 14.9 Å². The third-order valence-corrected chi connectivity index (χ3v) is 6.40. The molecule has 0 radical (unpaired) electrons. The molecule has 2 aromatic rings. The maximum Gasteiger partial charge on any atom is 0.0430 e. The smallest absolute Gasteiger partial charge is 0.0430 e. The molecule has 186 valence electrons. The fraction of sp³-hybridized carbons (Fsp3) is 0.533. The molecule has 0 bridgehead atoms. The summed E-state index contributed by atoms with van der Waals surface area (Å²) < 4.78 is 0. The first-order valence-corrected chi connectivity index (χ1v) is 12.1. The number of benzene rings is 2. The van der Waals surface area contributed by atoms with Crippen LogP contribution in [-0.2, 0) is 38.7 Å². The summed E-state index contributed by atoms with van der Waals surface area (Å²) in [6.45, 7) is 4.79. The first-order valence-electron chi connectivity index (χ1n) is 12.1. The summed E-state index contributed by atoms with van der Waals surface area (Å²) in [4.78, 5) is 0. The Balaban J connectivity index is 0. The molecule has 2 N–H and O–H groups in total. The van der Waals surface area contributed by atoms with Gasteiger partial charge in [-0.3, -0.25) is 0 Å². The maximum absolute atomic E-state index is 8.07. The number of hydrogen-bond donors (Lipinski definition) is 2. The van der Waals surface area contributed by atoms with E-state index >= 15 is 0 Å². The summed E-state index contributed by atoms with van der Waals surface area (Å²) in [6, 6.07) is 18.2. The van der Waals surface area contributed by atoms with E-state index in [9.17, 15) is 0 Å². The van der Waals surface area contributed by atoms with E-state index in [0.717, 1.165) is 37.5 Å². The number of hydrogen-bond acceptors (Lipinski definition) is 2. The van der Waals surface area contributed by atoms with Gasteiger partial charge < -0.3 is 25.1 Å². The normalized spacial score (nSPS) is 16.8. The van der Waals surface area contributed by atoms with Crippen molar-refractivity contribution in [2.75, 3.05) is 13.2 Å². The second-order valence-corrected chi connectivity index (χ2v) is 8.60. The molecule has 4 rings (SSSR count). The maximum atomic E-state index is 8.07. The fourth-order valence-corrected chi connectivity index (χ4v) is 4.61. The second-order valence-electron chi connectivity index (χ2n) is 8.60. The molecule has 33 heavy (non-hydrogen) atoms. The van der Waals surface area contributed by atoms with E-state index in [0.29, 0.717) is 13.2 Å². The molecule has 0 aliphatic heterocycles. The Morgan fingerprint density at radius 3 is 1.33 bits per heavy atom. The van der Waals surface area contributed by atoms with Crippen LogP contribution in [0.3, 0.4) is 0 Å². The summed E-state index contributed by atoms with van der Waals surface area (Å²) in [5.74, 6) is 1.64. The number of aliphatic hydroxyl groups is 2. The van der Waals surface area contributed by atoms with Gasteiger partial charge in [-0.2, -0.15) is 0 Å². The average Bonchev–Trinajstić information content (AvgIpc) is 3.38. The molecule has 0 saturated heterocycles. The largest absolute Gasteiger partial charge is 0.396 e. The van der Waals surface area contributed by atoms with Gasteiger partial charge in [-0.15, -0.1) is 0 Å². The van der Waals surface area contributed by atoms with Crippen molar-refractivity contribution in [3.05, 3.63) is 85.6 Å². The van der Waals surface area contributed by atoms with Gasteiger partial charge in [-0.05, 0) is 85.5 Å². The average molecular weight is 619 g/mol. The van der Waals surface area contributed by atoms with Gasteiger partial charge in [0.25, 0.3) is 0 Å². The Bertz CT molecular complexity index is 650. The summed E-state index contributed by atoms with van der Waals surface area (Å²) in [5, 5.41) is 16.1. The van der Waals surface area contributed by atoms with Gasteiger partial charge in [0.2, 0.25) is 0 Å². The van der Waals surface area contributed by atoms with Crippen molar-refractivity contribution in [2.45, 2.75) is 89.9 Å². The van der Waals surface area contributed by atoms with Gasteiger partial charge in [0.05, 0.1) is 0 Å². The van der Waals surface area contributed by atoms with Crippen molar-refractivity contribution in [3.63, 3.8) is 0 Å². The molecule has 0 heterocycles. The van der Waals surface area contributed by atoms with Gasteiger partial charge >= 0.3 is 0 Å². The van der Waals surface area contributed by atoms with E-state index in [1.807, 2.05) is 0 Å². The molecule has 0 aromatic heterocycles. The van der Waals surface area contributed by atoms with E-state index in [1.165, 1.54) is 38.5 Å². The van der Waals surface area contributed by atoms with Crippen LogP contribution in [0.2, 0.25) is 0 Å². The van der Waals surface area contributed by atoms with Crippen LogP contribution < -0.4 is 0 Å². The molecule has 2 atom stereocenters. The van der Waals surface area contributed by atoms with Gasteiger partial charge in [0.15, 0.2) is 0 Å². The van der Waals surface area contributed by atoms with E-state index < -0.39 is 0 Å². The summed E-state index contributed by atoms with van der Waals surface area (Å²) >= 11 is 0. The van der Waals surface area contributed by atoms with Crippen molar-refractivity contribution in [3.8, 4) is 0 Å². The summed E-state index contributed by atoms with van der Waals surface area (Å²) in [7, 11) is 0. The standard InChI is InChI=1S/C20H22.2C4H10O.2CH3.Hf/c1-3-7-19-15(5-1)9-11-17(19)13-14-18-12-10-16-6-2-4-8-20(16)18;2*1-2-3-4-5;;;/h1-8,17-18H,9-14H2;2*5H,2-4H2,1H3;2*1H3;/q;;;2*-1;/t17-,18+;;;;;. The Kier molecular flexibility index (Phi) is 21.5. The zero-order valence-corrected chi connectivity index (χ0v) is 25.2. The SMILES string of the molecule is CCCCO.CCCCO.[CH3-].[CH3-].[Hf].c1ccc2c(c1)CC[C@@H]2CC[C@@H]1CCc2ccccc21. The van der Waals surface area contributed by atoms with E-state index in [-0.39, 0.29) is 40.7 Å². The summed E-state index contributed by atoms with van der Waals surface area (Å²) in [6.07, 6.45) is 12.1. The second kappa shape index (κ2) is 20.6. The van der Waals surface area contributed by atoms with Crippen LogP contribution in [-0.4, -0.2) is 23.4 Å². The zero-order valence-electron chi connectivity index (χ0n) is 21.7. The molecular formula is C30H48HfO2-2. The predicted molar refractivity (Wildman–Crippen MR) is 141 cm³/mol. The van der Waals surface area contributed by atoms with Crippen LogP contribution in [0.5, 0.6) is 0 Å². The molecule has 2 aliphatic carbocycles.